The maximum absolute atomic E-state index is 13.1. The number of anilines is 1. The Labute approximate surface area is 161 Å². The van der Waals surface area contributed by atoms with E-state index in [-0.39, 0.29) is 23.5 Å². The lowest BCUT2D eigenvalue weighted by atomic mass is 9.89. The van der Waals surface area contributed by atoms with Gasteiger partial charge < -0.3 is 14.5 Å². The lowest BCUT2D eigenvalue weighted by Crippen LogP contribution is -2.58. The quantitative estimate of drug-likeness (QED) is 0.794. The Bertz CT molecular complexity index is 727. The molecule has 6 nitrogen and oxygen atoms in total. The Hall–Kier alpha value is -1.92. The first-order chi connectivity index (χ1) is 13.0. The molecular formula is C21H29N3O3. The molecule has 3 heterocycles. The number of ether oxygens (including phenoxy) is 1. The third-order valence-corrected chi connectivity index (χ3v) is 6.28. The number of para-hydroxylation sites is 1. The van der Waals surface area contributed by atoms with Gasteiger partial charge in [-0.3, -0.25) is 14.5 Å². The predicted molar refractivity (Wildman–Crippen MR) is 104 cm³/mol. The first-order valence-corrected chi connectivity index (χ1v) is 9.99. The number of fused-ring (bicyclic) bond motifs is 1. The van der Waals surface area contributed by atoms with Crippen LogP contribution in [0.5, 0.6) is 0 Å². The second kappa shape index (κ2) is 7.24. The van der Waals surface area contributed by atoms with E-state index in [1.807, 2.05) is 21.9 Å². The van der Waals surface area contributed by atoms with Gasteiger partial charge in [0.25, 0.3) is 0 Å². The van der Waals surface area contributed by atoms with Crippen LogP contribution in [0.3, 0.4) is 0 Å². The van der Waals surface area contributed by atoms with E-state index in [2.05, 4.69) is 24.0 Å². The molecule has 2 amide bonds. The second-order valence-electron chi connectivity index (χ2n) is 8.19. The van der Waals surface area contributed by atoms with Gasteiger partial charge in [-0.2, -0.15) is 0 Å². The normalized spacial score (nSPS) is 24.9. The van der Waals surface area contributed by atoms with E-state index in [4.69, 9.17) is 4.74 Å². The summed E-state index contributed by atoms with van der Waals surface area (Å²) in [6, 6.07) is 8.42. The minimum Gasteiger partial charge on any atom is -0.372 e. The van der Waals surface area contributed by atoms with Crippen LogP contribution < -0.4 is 4.90 Å². The predicted octanol–water partition coefficient (Wildman–Crippen LogP) is 1.68. The summed E-state index contributed by atoms with van der Waals surface area (Å²) in [5.74, 6) is 0.306. The summed E-state index contributed by atoms with van der Waals surface area (Å²) in [5.41, 5.74) is 2.11. The SMILES string of the molecule is CC(=O)N1CCC2(CC1)CN(CC(=O)N1c3ccccc3CC1C)CCO2. The Morgan fingerprint density at radius 3 is 2.67 bits per heavy atom. The standard InChI is InChI=1S/C21H29N3O3/c1-16-13-18-5-3-4-6-19(18)24(16)20(26)14-22-11-12-27-21(15-22)7-9-23(10-8-21)17(2)25/h3-6,16H,7-15H2,1-2H3. The van der Waals surface area contributed by atoms with E-state index >= 15 is 0 Å². The summed E-state index contributed by atoms with van der Waals surface area (Å²) in [4.78, 5) is 30.8. The molecule has 27 heavy (non-hydrogen) atoms. The van der Waals surface area contributed by atoms with Crippen molar-refractivity contribution >= 4 is 17.5 Å². The third-order valence-electron chi connectivity index (χ3n) is 6.28. The fraction of sp³-hybridized carbons (Fsp3) is 0.619. The smallest absolute Gasteiger partial charge is 0.241 e. The Morgan fingerprint density at radius 2 is 1.93 bits per heavy atom. The molecular weight excluding hydrogens is 342 g/mol. The van der Waals surface area contributed by atoms with Crippen LogP contribution in [0.4, 0.5) is 5.69 Å². The average Bonchev–Trinajstić information content (AvgIpc) is 2.98. The van der Waals surface area contributed by atoms with Gasteiger partial charge in [-0.25, -0.2) is 0 Å². The summed E-state index contributed by atoms with van der Waals surface area (Å²) in [5, 5.41) is 0. The van der Waals surface area contributed by atoms with Crippen molar-refractivity contribution in [3.8, 4) is 0 Å². The molecule has 0 saturated carbocycles. The van der Waals surface area contributed by atoms with Crippen molar-refractivity contribution in [1.82, 2.24) is 9.80 Å². The molecule has 6 heteroatoms. The van der Waals surface area contributed by atoms with Crippen molar-refractivity contribution in [1.29, 1.82) is 0 Å². The van der Waals surface area contributed by atoms with Crippen molar-refractivity contribution in [3.63, 3.8) is 0 Å². The summed E-state index contributed by atoms with van der Waals surface area (Å²) >= 11 is 0. The lowest BCUT2D eigenvalue weighted by Gasteiger charge is -2.47. The fourth-order valence-electron chi connectivity index (χ4n) is 4.80. The zero-order chi connectivity index (χ0) is 19.0. The van der Waals surface area contributed by atoms with Gasteiger partial charge >= 0.3 is 0 Å². The number of hydrogen-bond acceptors (Lipinski definition) is 4. The topological polar surface area (TPSA) is 53.1 Å². The minimum absolute atomic E-state index is 0.134. The first kappa shape index (κ1) is 18.4. The highest BCUT2D eigenvalue weighted by Crippen LogP contribution is 2.33. The van der Waals surface area contributed by atoms with Crippen LogP contribution in [0.15, 0.2) is 24.3 Å². The van der Waals surface area contributed by atoms with Gasteiger partial charge in [-0.1, -0.05) is 18.2 Å². The van der Waals surface area contributed by atoms with E-state index in [0.717, 1.165) is 51.1 Å². The number of benzene rings is 1. The number of piperidine rings is 1. The molecule has 1 aromatic carbocycles. The van der Waals surface area contributed by atoms with Crippen LogP contribution in [0.2, 0.25) is 0 Å². The Kier molecular flexibility index (Phi) is 4.95. The van der Waals surface area contributed by atoms with Crippen LogP contribution in [-0.4, -0.2) is 72.6 Å². The summed E-state index contributed by atoms with van der Waals surface area (Å²) in [6.45, 7) is 7.87. The fourth-order valence-corrected chi connectivity index (χ4v) is 4.80. The number of carbonyl (C=O) groups excluding carboxylic acids is 2. The zero-order valence-corrected chi connectivity index (χ0v) is 16.3. The molecule has 3 aliphatic heterocycles. The number of carbonyl (C=O) groups is 2. The molecule has 1 atom stereocenters. The monoisotopic (exact) mass is 371 g/mol. The largest absolute Gasteiger partial charge is 0.372 e. The highest BCUT2D eigenvalue weighted by Gasteiger charge is 2.41. The van der Waals surface area contributed by atoms with Crippen molar-refractivity contribution < 1.29 is 14.3 Å². The number of rotatable bonds is 2. The van der Waals surface area contributed by atoms with Crippen LogP contribution in [0, 0.1) is 0 Å². The molecule has 4 rings (SSSR count). The zero-order valence-electron chi connectivity index (χ0n) is 16.3. The first-order valence-electron chi connectivity index (χ1n) is 9.99. The van der Waals surface area contributed by atoms with Crippen molar-refractivity contribution in [2.24, 2.45) is 0 Å². The number of amides is 2. The van der Waals surface area contributed by atoms with E-state index in [0.29, 0.717) is 13.2 Å². The molecule has 3 aliphatic rings. The van der Waals surface area contributed by atoms with Crippen molar-refractivity contribution in [2.45, 2.75) is 44.8 Å². The van der Waals surface area contributed by atoms with Crippen LogP contribution in [-0.2, 0) is 20.7 Å². The molecule has 0 radical (unpaired) electrons. The maximum Gasteiger partial charge on any atom is 0.241 e. The van der Waals surface area contributed by atoms with Gasteiger partial charge in [-0.15, -0.1) is 0 Å². The molecule has 0 N–H and O–H groups in total. The Morgan fingerprint density at radius 1 is 1.19 bits per heavy atom. The Balaban J connectivity index is 1.40. The molecule has 0 bridgehead atoms. The van der Waals surface area contributed by atoms with E-state index in [1.54, 1.807) is 6.92 Å². The number of hydrogen-bond donors (Lipinski definition) is 0. The van der Waals surface area contributed by atoms with Crippen molar-refractivity contribution in [2.75, 3.05) is 44.2 Å². The van der Waals surface area contributed by atoms with E-state index in [9.17, 15) is 9.59 Å². The molecule has 1 aromatic rings. The molecule has 1 spiro atoms. The average molecular weight is 371 g/mol. The maximum atomic E-state index is 13.1. The third kappa shape index (κ3) is 3.60. The summed E-state index contributed by atoms with van der Waals surface area (Å²) < 4.78 is 6.14. The van der Waals surface area contributed by atoms with Crippen LogP contribution >= 0.6 is 0 Å². The molecule has 146 valence electrons. The lowest BCUT2D eigenvalue weighted by molar-refractivity contribution is -0.150. The molecule has 1 unspecified atom stereocenters. The number of morpholine rings is 1. The van der Waals surface area contributed by atoms with Gasteiger partial charge in [-0.05, 0) is 37.8 Å². The minimum atomic E-state index is -0.209. The highest BCUT2D eigenvalue weighted by molar-refractivity contribution is 5.97. The summed E-state index contributed by atoms with van der Waals surface area (Å²) in [7, 11) is 0. The van der Waals surface area contributed by atoms with Gasteiger partial charge in [0.2, 0.25) is 11.8 Å². The molecule has 2 fully saturated rings. The number of likely N-dealkylation sites (tertiary alicyclic amines) is 1. The van der Waals surface area contributed by atoms with E-state index in [1.165, 1.54) is 5.56 Å². The highest BCUT2D eigenvalue weighted by atomic mass is 16.5. The van der Waals surface area contributed by atoms with Crippen molar-refractivity contribution in [3.05, 3.63) is 29.8 Å². The van der Waals surface area contributed by atoms with Gasteiger partial charge in [0.05, 0.1) is 18.8 Å². The molecule has 0 aliphatic carbocycles. The second-order valence-corrected chi connectivity index (χ2v) is 8.19. The van der Waals surface area contributed by atoms with Gasteiger partial charge in [0, 0.05) is 44.8 Å². The molecule has 2 saturated heterocycles. The number of nitrogens with zero attached hydrogens (tertiary/aromatic N) is 3. The summed E-state index contributed by atoms with van der Waals surface area (Å²) in [6.07, 6.45) is 2.62. The van der Waals surface area contributed by atoms with Gasteiger partial charge in [0.1, 0.15) is 0 Å². The van der Waals surface area contributed by atoms with Crippen LogP contribution in [0.1, 0.15) is 32.3 Å². The molecule has 0 aromatic heterocycles. The van der Waals surface area contributed by atoms with Crippen LogP contribution in [0.25, 0.3) is 0 Å². The van der Waals surface area contributed by atoms with Gasteiger partial charge in [0.15, 0.2) is 0 Å². The van der Waals surface area contributed by atoms with E-state index < -0.39 is 0 Å².